The van der Waals surface area contributed by atoms with Crippen LogP contribution >= 0.6 is 0 Å². The van der Waals surface area contributed by atoms with Gasteiger partial charge in [0.05, 0.1) is 12.1 Å². The van der Waals surface area contributed by atoms with Crippen LogP contribution in [0.4, 0.5) is 24.5 Å². The molecule has 0 N–H and O–H groups in total. The summed E-state index contributed by atoms with van der Waals surface area (Å²) in [5.74, 6) is 0. The van der Waals surface area contributed by atoms with Crippen LogP contribution in [0.5, 0.6) is 0 Å². The summed E-state index contributed by atoms with van der Waals surface area (Å²) in [5, 5.41) is 0. The van der Waals surface area contributed by atoms with Crippen LogP contribution < -0.4 is 4.90 Å². The Morgan fingerprint density at radius 2 is 1.73 bits per heavy atom. The van der Waals surface area contributed by atoms with E-state index in [0.29, 0.717) is 5.69 Å². The summed E-state index contributed by atoms with van der Waals surface area (Å²) in [4.78, 5) is 4.78. The van der Waals surface area contributed by atoms with E-state index in [1.165, 1.54) is 31.7 Å². The zero-order valence-electron chi connectivity index (χ0n) is 13.2. The van der Waals surface area contributed by atoms with Crippen LogP contribution in [0.3, 0.4) is 0 Å². The number of benzene rings is 1. The number of alkyl halides is 3. The second-order valence-electron chi connectivity index (χ2n) is 5.50. The molecule has 0 aliphatic heterocycles. The zero-order valence-corrected chi connectivity index (χ0v) is 13.2. The first kappa shape index (κ1) is 18.3. The fourth-order valence-electron chi connectivity index (χ4n) is 2.34. The van der Waals surface area contributed by atoms with Gasteiger partial charge in [-0.2, -0.15) is 13.2 Å². The second kappa shape index (κ2) is 8.67. The van der Waals surface area contributed by atoms with Gasteiger partial charge in [0.15, 0.2) is 5.69 Å². The Morgan fingerprint density at radius 3 is 2.32 bits per heavy atom. The lowest BCUT2D eigenvalue weighted by molar-refractivity contribution is -0.136. The highest BCUT2D eigenvalue weighted by molar-refractivity contribution is 5.62. The van der Waals surface area contributed by atoms with E-state index in [9.17, 15) is 13.2 Å². The first-order chi connectivity index (χ1) is 10.4. The lowest BCUT2D eigenvalue weighted by Crippen LogP contribution is -2.19. The van der Waals surface area contributed by atoms with Crippen molar-refractivity contribution in [2.75, 3.05) is 18.5 Å². The number of anilines is 1. The largest absolute Gasteiger partial charge is 0.407 e. The molecule has 0 bridgehead atoms. The topological polar surface area (TPSA) is 7.60 Å². The number of nitrogens with zero attached hydrogens (tertiary/aromatic N) is 2. The van der Waals surface area contributed by atoms with Crippen LogP contribution in [0.25, 0.3) is 4.85 Å². The normalized spacial score (nSPS) is 11.3. The summed E-state index contributed by atoms with van der Waals surface area (Å²) >= 11 is 0. The minimum Gasteiger partial charge on any atom is -0.375 e. The second-order valence-corrected chi connectivity index (χ2v) is 5.50. The van der Waals surface area contributed by atoms with Crippen molar-refractivity contribution in [3.05, 3.63) is 35.2 Å². The fourth-order valence-corrected chi connectivity index (χ4v) is 2.34. The van der Waals surface area contributed by atoms with Gasteiger partial charge in [-0.15, -0.1) is 0 Å². The molecule has 22 heavy (non-hydrogen) atoms. The highest BCUT2D eigenvalue weighted by Crippen LogP contribution is 2.38. The average Bonchev–Trinajstić information content (AvgIpc) is 2.49. The number of hydrogen-bond donors (Lipinski definition) is 0. The summed E-state index contributed by atoms with van der Waals surface area (Å²) in [5.41, 5.74) is -0.688. The van der Waals surface area contributed by atoms with Crippen molar-refractivity contribution in [2.24, 2.45) is 0 Å². The minimum absolute atomic E-state index is 0.343. The van der Waals surface area contributed by atoms with Gasteiger partial charge in [0.2, 0.25) is 0 Å². The quantitative estimate of drug-likeness (QED) is 0.418. The van der Waals surface area contributed by atoms with E-state index in [1.807, 2.05) is 4.90 Å². The van der Waals surface area contributed by atoms with Gasteiger partial charge < -0.3 is 4.90 Å². The Hall–Kier alpha value is -1.70. The van der Waals surface area contributed by atoms with Gasteiger partial charge >= 0.3 is 6.18 Å². The van der Waals surface area contributed by atoms with Crippen LogP contribution in [-0.4, -0.2) is 13.6 Å². The summed E-state index contributed by atoms with van der Waals surface area (Å²) in [6.45, 7) is 9.73. The van der Waals surface area contributed by atoms with E-state index in [2.05, 4.69) is 11.8 Å². The maximum absolute atomic E-state index is 12.9. The van der Waals surface area contributed by atoms with Gasteiger partial charge in [-0.05, 0) is 18.6 Å². The van der Waals surface area contributed by atoms with Gasteiger partial charge in [0.25, 0.3) is 0 Å². The van der Waals surface area contributed by atoms with Crippen molar-refractivity contribution >= 4 is 11.4 Å². The van der Waals surface area contributed by atoms with Crippen molar-refractivity contribution in [2.45, 2.75) is 51.6 Å². The predicted octanol–water partition coefficient (Wildman–Crippen LogP) is 6.05. The van der Waals surface area contributed by atoms with Crippen LogP contribution in [0.2, 0.25) is 0 Å². The third-order valence-corrected chi connectivity index (χ3v) is 3.69. The molecule has 0 radical (unpaired) electrons. The third kappa shape index (κ3) is 5.59. The Bertz CT molecular complexity index is 504. The van der Waals surface area contributed by atoms with Crippen molar-refractivity contribution in [3.63, 3.8) is 0 Å². The first-order valence-corrected chi connectivity index (χ1v) is 7.70. The molecule has 5 heteroatoms. The number of unbranched alkanes of at least 4 members (excludes halogenated alkanes) is 5. The van der Waals surface area contributed by atoms with E-state index in [-0.39, 0.29) is 5.69 Å². The molecule has 1 aromatic carbocycles. The molecular formula is C17H23F3N2. The summed E-state index contributed by atoms with van der Waals surface area (Å²) in [7, 11) is 1.79. The minimum atomic E-state index is -4.49. The highest BCUT2D eigenvalue weighted by atomic mass is 19.4. The smallest absolute Gasteiger partial charge is 0.375 e. The molecule has 0 spiro atoms. The maximum atomic E-state index is 12.9. The average molecular weight is 312 g/mol. The van der Waals surface area contributed by atoms with Gasteiger partial charge in [-0.3, -0.25) is 0 Å². The van der Waals surface area contributed by atoms with E-state index in [1.54, 1.807) is 13.1 Å². The van der Waals surface area contributed by atoms with Gasteiger partial charge in [0.1, 0.15) is 0 Å². The SMILES string of the molecule is [C-]#[N+]c1ccc(N(C)CCCCCCCC)cc1C(F)(F)F. The maximum Gasteiger partial charge on any atom is 0.407 e. The van der Waals surface area contributed by atoms with E-state index in [0.717, 1.165) is 25.5 Å². The van der Waals surface area contributed by atoms with E-state index >= 15 is 0 Å². The number of rotatable bonds is 8. The summed E-state index contributed by atoms with van der Waals surface area (Å²) in [6.07, 6.45) is 2.40. The van der Waals surface area contributed by atoms with Crippen LogP contribution in [0, 0.1) is 6.57 Å². The monoisotopic (exact) mass is 312 g/mol. The van der Waals surface area contributed by atoms with Crippen molar-refractivity contribution < 1.29 is 13.2 Å². The molecule has 2 nitrogen and oxygen atoms in total. The van der Waals surface area contributed by atoms with Crippen LogP contribution in [0.15, 0.2) is 18.2 Å². The molecular weight excluding hydrogens is 289 g/mol. The van der Waals surface area contributed by atoms with Crippen LogP contribution in [0.1, 0.15) is 51.0 Å². The molecule has 122 valence electrons. The number of hydrogen-bond acceptors (Lipinski definition) is 1. The molecule has 0 aliphatic rings. The molecule has 0 atom stereocenters. The Labute approximate surface area is 130 Å². The molecule has 0 unspecified atom stereocenters. The standard InChI is InChI=1S/C17H23F3N2/c1-4-5-6-7-8-9-12-22(3)14-10-11-16(21-2)15(13-14)17(18,19)20/h10-11,13H,4-9,12H2,1,3H3. The van der Waals surface area contributed by atoms with Crippen LogP contribution in [-0.2, 0) is 6.18 Å². The van der Waals surface area contributed by atoms with Gasteiger partial charge in [0, 0.05) is 19.3 Å². The molecule has 1 rings (SSSR count). The molecule has 0 saturated carbocycles. The van der Waals surface area contributed by atoms with E-state index in [4.69, 9.17) is 6.57 Å². The Morgan fingerprint density at radius 1 is 1.09 bits per heavy atom. The number of halogens is 3. The van der Waals surface area contributed by atoms with Crippen molar-refractivity contribution in [1.29, 1.82) is 0 Å². The fraction of sp³-hybridized carbons (Fsp3) is 0.588. The molecule has 0 heterocycles. The molecule has 0 amide bonds. The predicted molar refractivity (Wildman–Crippen MR) is 84.4 cm³/mol. The van der Waals surface area contributed by atoms with Crippen molar-refractivity contribution in [3.8, 4) is 0 Å². The summed E-state index contributed by atoms with van der Waals surface area (Å²) < 4.78 is 38.8. The lowest BCUT2D eigenvalue weighted by atomic mass is 10.1. The Kier molecular flexibility index (Phi) is 7.23. The van der Waals surface area contributed by atoms with Gasteiger partial charge in [-0.25, -0.2) is 4.85 Å². The lowest BCUT2D eigenvalue weighted by Gasteiger charge is -2.21. The third-order valence-electron chi connectivity index (χ3n) is 3.69. The molecule has 0 fully saturated rings. The molecule has 0 saturated heterocycles. The highest BCUT2D eigenvalue weighted by Gasteiger charge is 2.33. The molecule has 0 aliphatic carbocycles. The van der Waals surface area contributed by atoms with Crippen molar-refractivity contribution in [1.82, 2.24) is 0 Å². The zero-order chi connectivity index (χ0) is 16.6. The summed E-state index contributed by atoms with van der Waals surface area (Å²) in [6, 6.07) is 3.91. The molecule has 0 aromatic heterocycles. The molecule has 1 aromatic rings. The Balaban J connectivity index is 2.63. The van der Waals surface area contributed by atoms with Gasteiger partial charge in [-0.1, -0.05) is 45.1 Å². The first-order valence-electron chi connectivity index (χ1n) is 7.70. The van der Waals surface area contributed by atoms with E-state index < -0.39 is 11.7 Å².